The third kappa shape index (κ3) is 3.94. The van der Waals surface area contributed by atoms with Crippen LogP contribution >= 0.6 is 0 Å². The summed E-state index contributed by atoms with van der Waals surface area (Å²) in [4.78, 5) is 47.1. The van der Waals surface area contributed by atoms with E-state index in [1.165, 1.54) is 12.4 Å². The maximum atomic E-state index is 14.6. The van der Waals surface area contributed by atoms with Gasteiger partial charge in [0.05, 0.1) is 17.2 Å². The van der Waals surface area contributed by atoms with Crippen LogP contribution in [-0.2, 0) is 0 Å². The zero-order valence-corrected chi connectivity index (χ0v) is 19.5. The highest BCUT2D eigenvalue weighted by Crippen LogP contribution is 2.37. The van der Waals surface area contributed by atoms with Crippen molar-refractivity contribution < 1.29 is 18.4 Å². The smallest absolute Gasteiger partial charge is 0.344 e. The Balaban J connectivity index is 1.11. The average Bonchev–Trinajstić information content (AvgIpc) is 3.36. The predicted octanol–water partition coefficient (Wildman–Crippen LogP) is 3.87. The zero-order valence-electron chi connectivity index (χ0n) is 19.5. The number of hydrogen-bond donors (Lipinski definition) is 2. The number of nitrogens with one attached hydrogen (secondary N) is 2. The Bertz CT molecular complexity index is 1540. The molecule has 3 heterocycles. The lowest BCUT2D eigenvalue weighted by atomic mass is 9.73. The van der Waals surface area contributed by atoms with Crippen LogP contribution in [0.4, 0.5) is 4.39 Å². The second kappa shape index (κ2) is 8.89. The number of H-pyrrole nitrogens is 1. The van der Waals surface area contributed by atoms with Gasteiger partial charge in [0.25, 0.3) is 11.8 Å². The number of carbonyl (C=O) groups is 2. The molecule has 184 valence electrons. The fourth-order valence-electron chi connectivity index (χ4n) is 5.78. The maximum absolute atomic E-state index is 14.6. The van der Waals surface area contributed by atoms with Crippen molar-refractivity contribution in [3.63, 3.8) is 0 Å². The van der Waals surface area contributed by atoms with Gasteiger partial charge >= 0.3 is 5.63 Å². The molecule has 0 radical (unpaired) electrons. The second-order valence-corrected chi connectivity index (χ2v) is 9.75. The Hall–Kier alpha value is -4.01. The number of aromatic nitrogens is 2. The van der Waals surface area contributed by atoms with E-state index < -0.39 is 17.3 Å². The van der Waals surface area contributed by atoms with Crippen LogP contribution < -0.4 is 10.9 Å². The molecule has 9 heteroatoms. The van der Waals surface area contributed by atoms with Gasteiger partial charge in [0.2, 0.25) is 0 Å². The molecule has 2 amide bonds. The predicted molar refractivity (Wildman–Crippen MR) is 131 cm³/mol. The number of rotatable bonds is 3. The van der Waals surface area contributed by atoms with Crippen molar-refractivity contribution in [1.82, 2.24) is 20.2 Å². The molecule has 2 aromatic heterocycles. The molecule has 0 bridgehead atoms. The van der Waals surface area contributed by atoms with Gasteiger partial charge in [0.1, 0.15) is 16.9 Å². The quantitative estimate of drug-likeness (QED) is 0.455. The normalized spacial score (nSPS) is 21.9. The number of imidazole rings is 1. The molecule has 2 aromatic carbocycles. The first-order valence-electron chi connectivity index (χ1n) is 12.2. The lowest BCUT2D eigenvalue weighted by molar-refractivity contribution is 0.0474. The second-order valence-electron chi connectivity index (χ2n) is 9.75. The van der Waals surface area contributed by atoms with Crippen molar-refractivity contribution in [3.8, 4) is 0 Å². The molecule has 1 aliphatic carbocycles. The minimum Gasteiger partial charge on any atom is -0.417 e. The molecule has 3 atom stereocenters. The van der Waals surface area contributed by atoms with Crippen molar-refractivity contribution in [2.45, 2.75) is 31.7 Å². The van der Waals surface area contributed by atoms with Crippen LogP contribution in [0.25, 0.3) is 21.8 Å². The van der Waals surface area contributed by atoms with E-state index >= 15 is 0 Å². The first kappa shape index (κ1) is 22.5. The number of hydrogen-bond acceptors (Lipinski definition) is 5. The Morgan fingerprint density at radius 1 is 1.11 bits per heavy atom. The lowest BCUT2D eigenvalue weighted by Crippen LogP contribution is -2.49. The van der Waals surface area contributed by atoms with Gasteiger partial charge in [-0.1, -0.05) is 18.2 Å². The fourth-order valence-corrected chi connectivity index (χ4v) is 5.78. The van der Waals surface area contributed by atoms with Gasteiger partial charge in [-0.3, -0.25) is 9.59 Å². The third-order valence-corrected chi connectivity index (χ3v) is 7.64. The summed E-state index contributed by atoms with van der Waals surface area (Å²) in [5.41, 5.74) is 0.480. The largest absolute Gasteiger partial charge is 0.417 e. The van der Waals surface area contributed by atoms with E-state index in [1.807, 2.05) is 6.07 Å². The van der Waals surface area contributed by atoms with E-state index in [0.29, 0.717) is 40.8 Å². The van der Waals surface area contributed by atoms with E-state index in [2.05, 4.69) is 15.3 Å². The van der Waals surface area contributed by atoms with E-state index in [-0.39, 0.29) is 29.2 Å². The van der Waals surface area contributed by atoms with Crippen molar-refractivity contribution >= 4 is 33.6 Å². The van der Waals surface area contributed by atoms with E-state index in [4.69, 9.17) is 4.42 Å². The molecule has 4 aromatic rings. The van der Waals surface area contributed by atoms with Crippen molar-refractivity contribution in [3.05, 3.63) is 76.4 Å². The van der Waals surface area contributed by atoms with Crippen LogP contribution in [0.15, 0.2) is 58.0 Å². The Kier molecular flexibility index (Phi) is 5.55. The number of carbonyl (C=O) groups excluding carboxylic acids is 2. The summed E-state index contributed by atoms with van der Waals surface area (Å²) in [6, 6.07) is 11.5. The summed E-state index contributed by atoms with van der Waals surface area (Å²) >= 11 is 0. The summed E-state index contributed by atoms with van der Waals surface area (Å²) < 4.78 is 19.9. The van der Waals surface area contributed by atoms with E-state index in [1.54, 1.807) is 35.2 Å². The highest BCUT2D eigenvalue weighted by molar-refractivity contribution is 6.05. The first-order valence-corrected chi connectivity index (χ1v) is 12.2. The third-order valence-electron chi connectivity index (χ3n) is 7.64. The van der Waals surface area contributed by atoms with Crippen molar-refractivity contribution in [1.29, 1.82) is 0 Å². The standard InChI is InChI=1S/C27H25FN4O4/c28-20-7-8-21-24(30-14-29-21)23(20)26(34)32-10-9-15-11-18(6-5-17(15)13-32)31-25(33)22-12-16-3-1-2-4-19(16)27(35)36-22/h1-4,7-8,12,14-15,17-18H,5-6,9-11,13H2,(H,29,30)(H,31,33). The number of halogens is 1. The Morgan fingerprint density at radius 2 is 1.97 bits per heavy atom. The molecule has 3 unspecified atom stereocenters. The minimum atomic E-state index is -0.562. The van der Waals surface area contributed by atoms with E-state index in [0.717, 1.165) is 25.7 Å². The number of piperidine rings is 1. The van der Waals surface area contributed by atoms with Gasteiger partial charge in [-0.25, -0.2) is 14.2 Å². The molecule has 2 fully saturated rings. The molecular formula is C27H25FN4O4. The van der Waals surface area contributed by atoms with Gasteiger partial charge in [-0.2, -0.15) is 0 Å². The lowest BCUT2D eigenvalue weighted by Gasteiger charge is -2.43. The van der Waals surface area contributed by atoms with Crippen LogP contribution in [0.5, 0.6) is 0 Å². The van der Waals surface area contributed by atoms with Crippen LogP contribution in [0, 0.1) is 17.7 Å². The number of amides is 2. The fraction of sp³-hybridized carbons (Fsp3) is 0.333. The van der Waals surface area contributed by atoms with Crippen LogP contribution in [0.3, 0.4) is 0 Å². The van der Waals surface area contributed by atoms with E-state index in [9.17, 15) is 18.8 Å². The average molecular weight is 489 g/mol. The molecule has 1 aliphatic heterocycles. The molecular weight excluding hydrogens is 463 g/mol. The molecule has 2 aliphatic rings. The van der Waals surface area contributed by atoms with Crippen LogP contribution in [0.2, 0.25) is 0 Å². The summed E-state index contributed by atoms with van der Waals surface area (Å²) in [7, 11) is 0. The van der Waals surface area contributed by atoms with Gasteiger partial charge in [0.15, 0.2) is 5.76 Å². The first-order chi connectivity index (χ1) is 17.5. The number of nitrogens with zero attached hydrogens (tertiary/aromatic N) is 2. The summed E-state index contributed by atoms with van der Waals surface area (Å²) in [5, 5.41) is 4.14. The highest BCUT2D eigenvalue weighted by Gasteiger charge is 2.38. The monoisotopic (exact) mass is 488 g/mol. The number of fused-ring (bicyclic) bond motifs is 3. The van der Waals surface area contributed by atoms with Gasteiger partial charge in [0, 0.05) is 19.1 Å². The molecule has 2 N–H and O–H groups in total. The molecule has 1 saturated heterocycles. The maximum Gasteiger partial charge on any atom is 0.344 e. The van der Waals surface area contributed by atoms with Crippen LogP contribution in [-0.4, -0.2) is 45.8 Å². The van der Waals surface area contributed by atoms with Gasteiger partial charge < -0.3 is 19.6 Å². The topological polar surface area (TPSA) is 108 Å². The Labute approximate surface area is 205 Å². The molecule has 36 heavy (non-hydrogen) atoms. The van der Waals surface area contributed by atoms with Gasteiger partial charge in [-0.15, -0.1) is 0 Å². The number of benzene rings is 2. The van der Waals surface area contributed by atoms with Gasteiger partial charge in [-0.05, 0) is 67.2 Å². The number of aromatic amines is 1. The van der Waals surface area contributed by atoms with Crippen molar-refractivity contribution in [2.24, 2.45) is 11.8 Å². The Morgan fingerprint density at radius 3 is 2.86 bits per heavy atom. The SMILES string of the molecule is O=C(NC1CCC2CN(C(=O)c3c(F)ccc4[nH]cnc34)CCC2C1)c1cc2ccccc2c(=O)o1. The van der Waals surface area contributed by atoms with Crippen LogP contribution in [0.1, 0.15) is 46.6 Å². The molecule has 6 rings (SSSR count). The molecule has 1 saturated carbocycles. The summed E-state index contributed by atoms with van der Waals surface area (Å²) in [5.74, 6) is -0.634. The zero-order chi connectivity index (χ0) is 24.8. The summed E-state index contributed by atoms with van der Waals surface area (Å²) in [6.07, 6.45) is 4.64. The molecule has 8 nitrogen and oxygen atoms in total. The minimum absolute atomic E-state index is 0.0100. The number of likely N-dealkylation sites (tertiary alicyclic amines) is 1. The van der Waals surface area contributed by atoms with Crippen molar-refractivity contribution in [2.75, 3.05) is 13.1 Å². The highest BCUT2D eigenvalue weighted by atomic mass is 19.1. The summed E-state index contributed by atoms with van der Waals surface area (Å²) in [6.45, 7) is 1.09. The molecule has 0 spiro atoms.